The molecule has 0 fully saturated rings. The average molecular weight is 249 g/mol. The maximum Gasteiger partial charge on any atom is 0.278 e. The number of halogens is 3. The van der Waals surface area contributed by atoms with Crippen LogP contribution in [0.15, 0.2) is 0 Å². The molecule has 0 aromatic heterocycles. The van der Waals surface area contributed by atoms with Crippen LogP contribution in [0.5, 0.6) is 0 Å². The third-order valence-corrected chi connectivity index (χ3v) is 2.19. The fourth-order valence-corrected chi connectivity index (χ4v) is 1.60. The Bertz CT molecular complexity index is 101. The van der Waals surface area contributed by atoms with Crippen LogP contribution in [0.1, 0.15) is 54.4 Å². The normalized spacial score (nSPS) is 11.1. The van der Waals surface area contributed by atoms with E-state index < -0.39 is 11.4 Å². The Kier molecular flexibility index (Phi) is 19.3. The first-order valence-electron chi connectivity index (χ1n) is 5.69. The molecule has 0 aromatic rings. The molecule has 0 spiro atoms. The highest BCUT2D eigenvalue weighted by molar-refractivity contribution is 8.18. The van der Waals surface area contributed by atoms with Crippen molar-refractivity contribution in [2.75, 3.05) is 13.1 Å². The lowest BCUT2D eigenvalue weighted by atomic mass is 10.4. The van der Waals surface area contributed by atoms with Gasteiger partial charge in [-0.25, -0.2) is 0 Å². The van der Waals surface area contributed by atoms with Crippen LogP contribution in [-0.4, -0.2) is 17.4 Å². The molecule has 0 saturated heterocycles. The summed E-state index contributed by atoms with van der Waals surface area (Å²) in [6.07, 6.45) is 1.12. The van der Waals surface area contributed by atoms with Gasteiger partial charge in [-0.1, -0.05) is 41.5 Å². The molecular weight excluding hydrogens is 223 g/mol. The molecule has 0 heterocycles. The highest BCUT2D eigenvalue weighted by Crippen LogP contribution is 2.56. The molecule has 0 amide bonds. The number of hydrogen-bond donors (Lipinski definition) is 0. The van der Waals surface area contributed by atoms with E-state index in [0.29, 0.717) is 17.1 Å². The van der Waals surface area contributed by atoms with Crippen LogP contribution in [0.3, 0.4) is 0 Å². The summed E-state index contributed by atoms with van der Waals surface area (Å²) in [7, 11) is 0. The zero-order chi connectivity index (χ0) is 12.9. The number of rotatable bonds is 5. The second kappa shape index (κ2) is 14.1. The Labute approximate surface area is 95.4 Å². The first kappa shape index (κ1) is 20.5. The lowest BCUT2D eigenvalue weighted by molar-refractivity contribution is 0.383. The molecule has 0 aliphatic carbocycles. The fourth-order valence-electron chi connectivity index (χ4n) is 0.818. The van der Waals surface area contributed by atoms with Crippen LogP contribution in [0.4, 0.5) is 11.7 Å². The Morgan fingerprint density at radius 3 is 1.20 bits per heavy atom. The minimum absolute atomic E-state index is 0.146. The monoisotopic (exact) mass is 249 g/mol. The van der Waals surface area contributed by atoms with Gasteiger partial charge in [0.15, 0.2) is 0 Å². The van der Waals surface area contributed by atoms with E-state index in [0.717, 1.165) is 0 Å². The molecule has 5 heteroatoms. The van der Waals surface area contributed by atoms with E-state index >= 15 is 0 Å². The summed E-state index contributed by atoms with van der Waals surface area (Å²) in [5, 5.41) is 0. The number of nitrogens with zero attached hydrogens (tertiary/aromatic N) is 1. The Morgan fingerprint density at radius 2 is 1.07 bits per heavy atom. The predicted octanol–water partition coefficient (Wildman–Crippen LogP) is 5.53. The van der Waals surface area contributed by atoms with Crippen LogP contribution in [0.2, 0.25) is 0 Å². The maximum absolute atomic E-state index is 12.1. The molecule has 0 N–H and O–H groups in total. The molecule has 0 saturated carbocycles. The lowest BCUT2D eigenvalue weighted by Crippen LogP contribution is -2.22. The van der Waals surface area contributed by atoms with Crippen LogP contribution in [0.25, 0.3) is 0 Å². The second-order valence-corrected chi connectivity index (χ2v) is 3.59. The van der Waals surface area contributed by atoms with Crippen LogP contribution >= 0.6 is 11.4 Å². The summed E-state index contributed by atoms with van der Waals surface area (Å²) in [6.45, 7) is 11.8. The molecular formula is C10H26F3NS. The van der Waals surface area contributed by atoms with Crippen molar-refractivity contribution in [2.24, 2.45) is 0 Å². The van der Waals surface area contributed by atoms with Crippen molar-refractivity contribution in [1.82, 2.24) is 4.31 Å². The third-order valence-electron chi connectivity index (χ3n) is 1.24. The molecule has 0 unspecified atom stereocenters. The maximum atomic E-state index is 12.1. The average Bonchev–Trinajstić information content (AvgIpc) is 2.22. The van der Waals surface area contributed by atoms with E-state index in [9.17, 15) is 11.7 Å². The minimum Gasteiger partial charge on any atom is -0.193 e. The van der Waals surface area contributed by atoms with Crippen molar-refractivity contribution < 1.29 is 11.7 Å². The SMILES string of the molecule is CC.CC.CCCN(CCC)S(F)(F)F. The Morgan fingerprint density at radius 1 is 0.800 bits per heavy atom. The van der Waals surface area contributed by atoms with Crippen LogP contribution < -0.4 is 0 Å². The van der Waals surface area contributed by atoms with Gasteiger partial charge in [-0.3, -0.25) is 0 Å². The largest absolute Gasteiger partial charge is 0.278 e. The molecule has 0 bridgehead atoms. The van der Waals surface area contributed by atoms with E-state index in [1.54, 1.807) is 13.8 Å². The molecule has 0 radical (unpaired) electrons. The van der Waals surface area contributed by atoms with E-state index in [-0.39, 0.29) is 13.1 Å². The van der Waals surface area contributed by atoms with Gasteiger partial charge in [0.1, 0.15) is 0 Å². The summed E-state index contributed by atoms with van der Waals surface area (Å²) in [5.74, 6) is 0. The summed E-state index contributed by atoms with van der Waals surface area (Å²) in [4.78, 5) is 0. The van der Waals surface area contributed by atoms with E-state index in [2.05, 4.69) is 0 Å². The zero-order valence-corrected chi connectivity index (χ0v) is 11.6. The standard InChI is InChI=1S/C6H14F3NS.2C2H6/c1-3-5-10(6-4-2)11(7,8)9;2*1-2/h3-6H2,1-2H3;2*1-2H3. The molecule has 0 aliphatic rings. The molecule has 0 atom stereocenters. The van der Waals surface area contributed by atoms with Gasteiger partial charge in [-0.15, -0.1) is 11.7 Å². The quantitative estimate of drug-likeness (QED) is 0.619. The number of hydrogen-bond acceptors (Lipinski definition) is 1. The second-order valence-electron chi connectivity index (χ2n) is 2.31. The molecule has 0 aliphatic heterocycles. The van der Waals surface area contributed by atoms with E-state index in [4.69, 9.17) is 0 Å². The summed E-state index contributed by atoms with van der Waals surface area (Å²) < 4.78 is 36.9. The van der Waals surface area contributed by atoms with Gasteiger partial charge in [0.05, 0.1) is 0 Å². The van der Waals surface area contributed by atoms with Gasteiger partial charge in [0, 0.05) is 13.1 Å². The van der Waals surface area contributed by atoms with Crippen molar-refractivity contribution in [3.05, 3.63) is 0 Å². The smallest absolute Gasteiger partial charge is 0.193 e. The van der Waals surface area contributed by atoms with Gasteiger partial charge in [-0.2, -0.15) is 4.31 Å². The van der Waals surface area contributed by atoms with Gasteiger partial charge < -0.3 is 0 Å². The first-order chi connectivity index (χ1) is 7.02. The van der Waals surface area contributed by atoms with E-state index in [1.165, 1.54) is 0 Å². The van der Waals surface area contributed by atoms with Gasteiger partial charge in [0.25, 0.3) is 11.4 Å². The summed E-state index contributed by atoms with van der Waals surface area (Å²) in [5.41, 5.74) is 0. The third kappa shape index (κ3) is 14.1. The summed E-state index contributed by atoms with van der Waals surface area (Å²) in [6, 6.07) is 0. The predicted molar refractivity (Wildman–Crippen MR) is 65.8 cm³/mol. The summed E-state index contributed by atoms with van der Waals surface area (Å²) >= 11 is -4.96. The topological polar surface area (TPSA) is 3.24 Å². The first-order valence-corrected chi connectivity index (χ1v) is 6.98. The Hall–Kier alpha value is 0.100. The molecule has 1 nitrogen and oxygen atoms in total. The molecule has 98 valence electrons. The zero-order valence-electron chi connectivity index (χ0n) is 10.8. The lowest BCUT2D eigenvalue weighted by Gasteiger charge is -2.25. The van der Waals surface area contributed by atoms with Crippen molar-refractivity contribution in [2.45, 2.75) is 54.4 Å². The molecule has 0 rings (SSSR count). The minimum atomic E-state index is -4.96. The van der Waals surface area contributed by atoms with E-state index in [1.807, 2.05) is 27.7 Å². The van der Waals surface area contributed by atoms with Crippen molar-refractivity contribution in [1.29, 1.82) is 0 Å². The Balaban J connectivity index is -0.000000318. The van der Waals surface area contributed by atoms with Crippen molar-refractivity contribution in [3.8, 4) is 0 Å². The molecule has 15 heavy (non-hydrogen) atoms. The molecule has 0 aromatic carbocycles. The van der Waals surface area contributed by atoms with Gasteiger partial charge >= 0.3 is 0 Å². The van der Waals surface area contributed by atoms with Gasteiger partial charge in [0.2, 0.25) is 0 Å². The van der Waals surface area contributed by atoms with Crippen molar-refractivity contribution in [3.63, 3.8) is 0 Å². The van der Waals surface area contributed by atoms with Gasteiger partial charge in [-0.05, 0) is 12.8 Å². The van der Waals surface area contributed by atoms with Crippen molar-refractivity contribution >= 4 is 11.4 Å². The fraction of sp³-hybridized carbons (Fsp3) is 1.00. The van der Waals surface area contributed by atoms with Crippen LogP contribution in [-0.2, 0) is 0 Å². The van der Waals surface area contributed by atoms with Crippen LogP contribution in [0, 0.1) is 0 Å². The highest BCUT2D eigenvalue weighted by atomic mass is 32.3. The highest BCUT2D eigenvalue weighted by Gasteiger charge is 2.29.